The standard InChI is InChI=1S/C2H4N.Y/c1-2-3;/h3H,1H3;/q-1;+3. The summed E-state index contributed by atoms with van der Waals surface area (Å²) in [7, 11) is 0. The van der Waals surface area contributed by atoms with Crippen molar-refractivity contribution in [2.45, 2.75) is 6.92 Å². The number of hydrogen-bond donors (Lipinski definition) is 1. The van der Waals surface area contributed by atoms with Crippen molar-refractivity contribution < 1.29 is 32.7 Å². The molecule has 0 aromatic rings. The average molecular weight is 131 g/mol. The van der Waals surface area contributed by atoms with Crippen molar-refractivity contribution in [3.8, 4) is 0 Å². The van der Waals surface area contributed by atoms with Crippen molar-refractivity contribution in [1.29, 1.82) is 5.41 Å². The fraction of sp³-hybridized carbons (Fsp3) is 0.500. The van der Waals surface area contributed by atoms with Gasteiger partial charge in [0.15, 0.2) is 0 Å². The van der Waals surface area contributed by atoms with Gasteiger partial charge in [-0.25, -0.2) is 0 Å². The maximum absolute atomic E-state index is 5.96. The monoisotopic (exact) mass is 131 g/mol. The fourth-order valence-corrected chi connectivity index (χ4v) is 0. The molecule has 0 aliphatic heterocycles. The molecule has 0 fully saturated rings. The smallest absolute Gasteiger partial charge is 0.519 e. The van der Waals surface area contributed by atoms with Crippen molar-refractivity contribution in [3.63, 3.8) is 0 Å². The summed E-state index contributed by atoms with van der Waals surface area (Å²) in [6.45, 7) is 1.54. The van der Waals surface area contributed by atoms with Gasteiger partial charge < -0.3 is 11.6 Å². The van der Waals surface area contributed by atoms with Gasteiger partial charge in [0.25, 0.3) is 0 Å². The molecule has 0 radical (unpaired) electrons. The summed E-state index contributed by atoms with van der Waals surface area (Å²) in [4.78, 5) is 0. The van der Waals surface area contributed by atoms with Crippen LogP contribution in [0.25, 0.3) is 0 Å². The Bertz CT molecular complexity index is 13.5. The van der Waals surface area contributed by atoms with E-state index in [4.69, 9.17) is 5.41 Å². The van der Waals surface area contributed by atoms with Gasteiger partial charge >= 0.3 is 32.7 Å². The first-order chi connectivity index (χ1) is 1.41. The van der Waals surface area contributed by atoms with E-state index < -0.39 is 0 Å². The minimum Gasteiger partial charge on any atom is -0.519 e. The Morgan fingerprint density at radius 3 is 1.75 bits per heavy atom. The summed E-state index contributed by atoms with van der Waals surface area (Å²) >= 11 is 0. The van der Waals surface area contributed by atoms with Crippen molar-refractivity contribution in [1.82, 2.24) is 0 Å². The molecule has 0 aromatic carbocycles. The second-order valence-electron chi connectivity index (χ2n) is 0.250. The summed E-state index contributed by atoms with van der Waals surface area (Å²) < 4.78 is 0. The van der Waals surface area contributed by atoms with Crippen LogP contribution in [0, 0.1) is 5.41 Å². The molecule has 1 N–H and O–H groups in total. The zero-order valence-electron chi connectivity index (χ0n) is 2.58. The van der Waals surface area contributed by atoms with Crippen molar-refractivity contribution in [3.05, 3.63) is 0 Å². The topological polar surface area (TPSA) is 23.9 Å². The van der Waals surface area contributed by atoms with Gasteiger partial charge in [-0.05, 0) is 0 Å². The van der Waals surface area contributed by atoms with Gasteiger partial charge in [0.1, 0.15) is 0 Å². The molecule has 0 spiro atoms. The number of rotatable bonds is 0. The number of hydrogen-bond acceptors (Lipinski definition) is 1. The van der Waals surface area contributed by atoms with E-state index in [2.05, 4.69) is 0 Å². The molecule has 0 bridgehead atoms. The summed E-state index contributed by atoms with van der Waals surface area (Å²) in [5, 5.41) is 5.96. The third-order valence-electron chi connectivity index (χ3n) is 0. The molecule has 2 heteroatoms. The Morgan fingerprint density at radius 1 is 1.75 bits per heavy atom. The maximum atomic E-state index is 5.96. The van der Waals surface area contributed by atoms with Gasteiger partial charge in [0.2, 0.25) is 0 Å². The Hall–Kier alpha value is 0.774. The van der Waals surface area contributed by atoms with Gasteiger partial charge in [0.05, 0.1) is 0 Å². The Kier molecular flexibility index (Phi) is 20.4. The van der Waals surface area contributed by atoms with Crippen molar-refractivity contribution >= 4 is 6.21 Å². The quantitative estimate of drug-likeness (QED) is 0.366. The van der Waals surface area contributed by atoms with Crippen LogP contribution in [0.3, 0.4) is 0 Å². The van der Waals surface area contributed by atoms with Gasteiger partial charge in [-0.1, -0.05) is 0 Å². The van der Waals surface area contributed by atoms with E-state index in [-0.39, 0.29) is 32.7 Å². The normalized spacial score (nSPS) is 3.25. The molecule has 4 heavy (non-hydrogen) atoms. The molecule has 0 saturated carbocycles. The second-order valence-corrected chi connectivity index (χ2v) is 0.250. The summed E-state index contributed by atoms with van der Waals surface area (Å²) in [6.07, 6.45) is 2.00. The minimum atomic E-state index is 0. The molecular weight excluding hydrogens is 127 g/mol. The molecule has 0 rings (SSSR count). The third-order valence-corrected chi connectivity index (χ3v) is 0. The molecule has 0 aromatic heterocycles. The average Bonchev–Trinajstić information content (AvgIpc) is 0.918. The fourth-order valence-electron chi connectivity index (χ4n) is 0. The third kappa shape index (κ3) is 14.6. The molecule has 0 aliphatic carbocycles. The van der Waals surface area contributed by atoms with Crippen molar-refractivity contribution in [2.75, 3.05) is 0 Å². The van der Waals surface area contributed by atoms with Gasteiger partial charge in [-0.2, -0.15) is 6.92 Å². The Labute approximate surface area is 51.2 Å². The molecule has 0 amide bonds. The molecule has 0 aliphatic rings. The molecule has 0 heterocycles. The van der Waals surface area contributed by atoms with Crippen LogP contribution < -0.4 is 0 Å². The Morgan fingerprint density at radius 2 is 1.75 bits per heavy atom. The van der Waals surface area contributed by atoms with E-state index in [1.54, 1.807) is 6.92 Å². The molecule has 1 nitrogen and oxygen atoms in total. The zero-order chi connectivity index (χ0) is 2.71. The van der Waals surface area contributed by atoms with Crippen LogP contribution in [0.1, 0.15) is 6.92 Å². The van der Waals surface area contributed by atoms with Crippen molar-refractivity contribution in [2.24, 2.45) is 0 Å². The first kappa shape index (κ1) is 8.84. The second kappa shape index (κ2) is 9.23. The van der Waals surface area contributed by atoms with Crippen LogP contribution >= 0.6 is 0 Å². The summed E-state index contributed by atoms with van der Waals surface area (Å²) in [6, 6.07) is 0. The van der Waals surface area contributed by atoms with Crippen LogP contribution in [0.2, 0.25) is 0 Å². The van der Waals surface area contributed by atoms with Crippen LogP contribution in [-0.2, 0) is 32.7 Å². The first-order valence-corrected chi connectivity index (χ1v) is 0.750. The molecular formula is C2H4NY+2. The van der Waals surface area contributed by atoms with E-state index in [1.165, 1.54) is 0 Å². The van der Waals surface area contributed by atoms with Gasteiger partial charge in [-0.15, -0.1) is 0 Å². The maximum Gasteiger partial charge on any atom is 3.00 e. The van der Waals surface area contributed by atoms with Crippen LogP contribution in [-0.4, -0.2) is 6.21 Å². The first-order valence-electron chi connectivity index (χ1n) is 0.750. The zero-order valence-corrected chi connectivity index (χ0v) is 5.42. The number of nitrogens with one attached hydrogen (secondary N) is 1. The predicted molar refractivity (Wildman–Crippen MR) is 13.4 cm³/mol. The predicted octanol–water partition coefficient (Wildman–Crippen LogP) is 0.530. The van der Waals surface area contributed by atoms with E-state index in [0.717, 1.165) is 0 Å². The molecule has 0 unspecified atom stereocenters. The van der Waals surface area contributed by atoms with Gasteiger partial charge in [0, 0.05) is 0 Å². The minimum absolute atomic E-state index is 0. The SMILES string of the molecule is C[C-]=N.[Y+3]. The van der Waals surface area contributed by atoms with Crippen LogP contribution in [0.15, 0.2) is 0 Å². The van der Waals surface area contributed by atoms with E-state index in [1.807, 2.05) is 6.21 Å². The van der Waals surface area contributed by atoms with Crippen LogP contribution in [0.4, 0.5) is 0 Å². The Balaban J connectivity index is 0. The summed E-state index contributed by atoms with van der Waals surface area (Å²) in [5.74, 6) is 0. The van der Waals surface area contributed by atoms with Gasteiger partial charge in [-0.3, -0.25) is 0 Å². The van der Waals surface area contributed by atoms with Crippen LogP contribution in [0.5, 0.6) is 0 Å². The summed E-state index contributed by atoms with van der Waals surface area (Å²) in [5.41, 5.74) is 0. The van der Waals surface area contributed by atoms with E-state index in [0.29, 0.717) is 0 Å². The molecule has 0 saturated heterocycles. The van der Waals surface area contributed by atoms with E-state index in [9.17, 15) is 0 Å². The van der Waals surface area contributed by atoms with E-state index >= 15 is 0 Å². The molecule has 18 valence electrons. The largest absolute Gasteiger partial charge is 3.00 e. The molecule has 0 atom stereocenters.